The lowest BCUT2D eigenvalue weighted by Crippen LogP contribution is -1.87. The van der Waals surface area contributed by atoms with Crippen LogP contribution in [0.2, 0.25) is 0 Å². The molecule has 0 aliphatic carbocycles. The molecule has 0 spiro atoms. The SMILES string of the molecule is c1ccc2c(c1)oc1c(-c3ccc(-c4cn5ccccc5n4)nc3)c3oc4ccccc4c3cc12. The summed E-state index contributed by atoms with van der Waals surface area (Å²) in [6.45, 7) is 0. The van der Waals surface area contributed by atoms with Crippen molar-refractivity contribution in [2.75, 3.05) is 0 Å². The second-order valence-electron chi connectivity index (χ2n) is 8.73. The molecule has 0 bridgehead atoms. The Morgan fingerprint density at radius 2 is 1.31 bits per heavy atom. The van der Waals surface area contributed by atoms with Crippen LogP contribution in [0.4, 0.5) is 0 Å². The number of fused-ring (bicyclic) bond motifs is 7. The fourth-order valence-corrected chi connectivity index (χ4v) is 5.05. The predicted molar refractivity (Wildman–Crippen MR) is 138 cm³/mol. The van der Waals surface area contributed by atoms with E-state index in [-0.39, 0.29) is 0 Å². The molecule has 0 fully saturated rings. The molecule has 3 aromatic carbocycles. The summed E-state index contributed by atoms with van der Waals surface area (Å²) < 4.78 is 14.8. The molecule has 5 heteroatoms. The topological polar surface area (TPSA) is 56.5 Å². The first-order chi connectivity index (χ1) is 17.3. The minimum Gasteiger partial charge on any atom is -0.455 e. The van der Waals surface area contributed by atoms with E-state index in [1.54, 1.807) is 0 Å². The molecule has 0 aliphatic heterocycles. The Morgan fingerprint density at radius 1 is 0.629 bits per heavy atom. The van der Waals surface area contributed by atoms with Gasteiger partial charge in [-0.1, -0.05) is 48.5 Å². The predicted octanol–water partition coefficient (Wildman–Crippen LogP) is 7.86. The molecule has 164 valence electrons. The van der Waals surface area contributed by atoms with Crippen molar-refractivity contribution >= 4 is 49.5 Å². The van der Waals surface area contributed by atoms with Crippen LogP contribution in [0.15, 0.2) is 112 Å². The highest BCUT2D eigenvalue weighted by Gasteiger charge is 2.21. The first-order valence-electron chi connectivity index (χ1n) is 11.5. The molecule has 5 heterocycles. The maximum atomic E-state index is 6.39. The second kappa shape index (κ2) is 6.81. The molecule has 0 saturated heterocycles. The molecule has 0 saturated carbocycles. The monoisotopic (exact) mass is 451 g/mol. The van der Waals surface area contributed by atoms with E-state index in [1.165, 1.54) is 0 Å². The standard InChI is InChI=1S/C30H17N3O2/c1-3-9-25-19(7-1)21-15-22-20-8-2-4-10-26(20)35-30(22)28(29(21)34-25)18-12-13-23(31-16-18)24-17-33-14-6-5-11-27(33)32-24/h1-17H. The molecule has 8 rings (SSSR count). The molecule has 0 aliphatic rings. The lowest BCUT2D eigenvalue weighted by molar-refractivity contribution is 0.658. The molecular weight excluding hydrogens is 434 g/mol. The van der Waals surface area contributed by atoms with Crippen LogP contribution in [0.1, 0.15) is 0 Å². The van der Waals surface area contributed by atoms with Crippen LogP contribution in [0.25, 0.3) is 72.0 Å². The summed E-state index contributed by atoms with van der Waals surface area (Å²) in [6, 6.07) is 28.5. The van der Waals surface area contributed by atoms with Gasteiger partial charge in [-0.3, -0.25) is 4.98 Å². The van der Waals surface area contributed by atoms with Crippen molar-refractivity contribution in [3.63, 3.8) is 0 Å². The number of hydrogen-bond acceptors (Lipinski definition) is 4. The fourth-order valence-electron chi connectivity index (χ4n) is 5.05. The number of hydrogen-bond donors (Lipinski definition) is 0. The molecule has 5 aromatic heterocycles. The number of nitrogens with zero attached hydrogens (tertiary/aromatic N) is 3. The van der Waals surface area contributed by atoms with Crippen LogP contribution >= 0.6 is 0 Å². The summed E-state index contributed by atoms with van der Waals surface area (Å²) in [6.07, 6.45) is 5.86. The molecule has 0 N–H and O–H groups in total. The quantitative estimate of drug-likeness (QED) is 0.268. The van der Waals surface area contributed by atoms with Crippen molar-refractivity contribution in [1.82, 2.24) is 14.4 Å². The van der Waals surface area contributed by atoms with Crippen molar-refractivity contribution in [3.05, 3.63) is 104 Å². The van der Waals surface area contributed by atoms with Crippen molar-refractivity contribution < 1.29 is 8.83 Å². The average molecular weight is 451 g/mol. The van der Waals surface area contributed by atoms with E-state index in [1.807, 2.05) is 83.7 Å². The summed E-state index contributed by atoms with van der Waals surface area (Å²) in [5, 5.41) is 4.31. The normalized spacial score (nSPS) is 12.0. The van der Waals surface area contributed by atoms with Crippen LogP contribution in [-0.4, -0.2) is 14.4 Å². The highest BCUT2D eigenvalue weighted by Crippen LogP contribution is 2.44. The van der Waals surface area contributed by atoms with Gasteiger partial charge < -0.3 is 13.2 Å². The lowest BCUT2D eigenvalue weighted by atomic mass is 9.99. The van der Waals surface area contributed by atoms with E-state index in [0.29, 0.717) is 0 Å². The third-order valence-electron chi connectivity index (χ3n) is 6.69. The molecule has 0 atom stereocenters. The van der Waals surface area contributed by atoms with Crippen LogP contribution in [0.5, 0.6) is 0 Å². The molecular formula is C30H17N3O2. The van der Waals surface area contributed by atoms with Crippen LogP contribution in [0.3, 0.4) is 0 Å². The largest absolute Gasteiger partial charge is 0.455 e. The van der Waals surface area contributed by atoms with Gasteiger partial charge in [-0.2, -0.15) is 0 Å². The fraction of sp³-hybridized carbons (Fsp3) is 0. The van der Waals surface area contributed by atoms with Crippen molar-refractivity contribution in [3.8, 4) is 22.5 Å². The van der Waals surface area contributed by atoms with Gasteiger partial charge in [0.05, 0.1) is 11.3 Å². The smallest absolute Gasteiger partial charge is 0.147 e. The number of aromatic nitrogens is 3. The van der Waals surface area contributed by atoms with E-state index in [9.17, 15) is 0 Å². The van der Waals surface area contributed by atoms with Gasteiger partial charge in [0.15, 0.2) is 0 Å². The first-order valence-corrected chi connectivity index (χ1v) is 11.5. The average Bonchev–Trinajstić information content (AvgIpc) is 3.60. The Bertz CT molecular complexity index is 1940. The third kappa shape index (κ3) is 2.63. The van der Waals surface area contributed by atoms with Gasteiger partial charge in [-0.15, -0.1) is 0 Å². The Labute approximate surface area is 198 Å². The van der Waals surface area contributed by atoms with E-state index in [2.05, 4.69) is 24.3 Å². The zero-order valence-corrected chi connectivity index (χ0v) is 18.5. The summed E-state index contributed by atoms with van der Waals surface area (Å²) in [4.78, 5) is 9.49. The van der Waals surface area contributed by atoms with Gasteiger partial charge in [-0.05, 0) is 36.4 Å². The van der Waals surface area contributed by atoms with Crippen molar-refractivity contribution in [1.29, 1.82) is 0 Å². The van der Waals surface area contributed by atoms with Crippen molar-refractivity contribution in [2.24, 2.45) is 0 Å². The molecule has 0 unspecified atom stereocenters. The first kappa shape index (κ1) is 18.5. The summed E-state index contributed by atoms with van der Waals surface area (Å²) in [5.74, 6) is 0. The van der Waals surface area contributed by atoms with Crippen molar-refractivity contribution in [2.45, 2.75) is 0 Å². The Balaban J connectivity index is 1.40. The van der Waals surface area contributed by atoms with E-state index >= 15 is 0 Å². The highest BCUT2D eigenvalue weighted by molar-refractivity contribution is 6.21. The van der Waals surface area contributed by atoms with Crippen LogP contribution < -0.4 is 0 Å². The molecule has 35 heavy (non-hydrogen) atoms. The van der Waals surface area contributed by atoms with Gasteiger partial charge >= 0.3 is 0 Å². The highest BCUT2D eigenvalue weighted by atomic mass is 16.3. The zero-order valence-electron chi connectivity index (χ0n) is 18.5. The Morgan fingerprint density at radius 3 is 1.97 bits per heavy atom. The van der Waals surface area contributed by atoms with E-state index in [0.717, 1.165) is 72.0 Å². The number of benzene rings is 3. The van der Waals surface area contributed by atoms with Gasteiger partial charge in [0.2, 0.25) is 0 Å². The molecule has 0 amide bonds. The zero-order chi connectivity index (χ0) is 22.9. The van der Waals surface area contributed by atoms with Crippen LogP contribution in [0, 0.1) is 0 Å². The number of pyridine rings is 2. The minimum absolute atomic E-state index is 0.806. The van der Waals surface area contributed by atoms with Gasteiger partial charge in [0.25, 0.3) is 0 Å². The van der Waals surface area contributed by atoms with E-state index < -0.39 is 0 Å². The third-order valence-corrected chi connectivity index (χ3v) is 6.69. The number of para-hydroxylation sites is 2. The second-order valence-corrected chi connectivity index (χ2v) is 8.73. The summed E-state index contributed by atoms with van der Waals surface area (Å²) in [7, 11) is 0. The molecule has 0 radical (unpaired) electrons. The Kier molecular flexibility index (Phi) is 3.60. The van der Waals surface area contributed by atoms with Gasteiger partial charge in [-0.25, -0.2) is 4.98 Å². The minimum atomic E-state index is 0.806. The maximum absolute atomic E-state index is 6.39. The van der Waals surface area contributed by atoms with Gasteiger partial charge in [0, 0.05) is 45.7 Å². The summed E-state index contributed by atoms with van der Waals surface area (Å²) in [5.41, 5.74) is 7.72. The number of furan rings is 2. The maximum Gasteiger partial charge on any atom is 0.147 e. The lowest BCUT2D eigenvalue weighted by Gasteiger charge is -2.05. The molecule has 8 aromatic rings. The van der Waals surface area contributed by atoms with E-state index in [4.69, 9.17) is 18.8 Å². The van der Waals surface area contributed by atoms with Gasteiger partial charge in [0.1, 0.15) is 33.7 Å². The number of imidazole rings is 1. The summed E-state index contributed by atoms with van der Waals surface area (Å²) >= 11 is 0. The molecule has 5 nitrogen and oxygen atoms in total. The van der Waals surface area contributed by atoms with Crippen LogP contribution in [-0.2, 0) is 0 Å². The number of rotatable bonds is 2. The Hall–Kier alpha value is -4.90.